The number of methoxy groups -OCH3 is 1. The van der Waals surface area contributed by atoms with Crippen LogP contribution in [-0.2, 0) is 0 Å². The van der Waals surface area contributed by atoms with Crippen LogP contribution in [0.25, 0.3) is 0 Å². The normalized spacial score (nSPS) is 11.9. The van der Waals surface area contributed by atoms with Crippen molar-refractivity contribution in [2.45, 2.75) is 13.0 Å². The average Bonchev–Trinajstić information content (AvgIpc) is 2.42. The van der Waals surface area contributed by atoms with Crippen molar-refractivity contribution < 1.29 is 9.84 Å². The van der Waals surface area contributed by atoms with Crippen molar-refractivity contribution in [3.63, 3.8) is 0 Å². The summed E-state index contributed by atoms with van der Waals surface area (Å²) in [6.07, 6.45) is 0. The third kappa shape index (κ3) is 2.56. The van der Waals surface area contributed by atoms with Crippen LogP contribution in [0.15, 0.2) is 48.5 Å². The van der Waals surface area contributed by atoms with Crippen LogP contribution in [0.3, 0.4) is 0 Å². The number of ether oxygens (including phenoxy) is 1. The van der Waals surface area contributed by atoms with E-state index in [9.17, 15) is 5.11 Å². The van der Waals surface area contributed by atoms with Crippen LogP contribution in [0.2, 0.25) is 0 Å². The summed E-state index contributed by atoms with van der Waals surface area (Å²) in [6.45, 7) is 2.05. The zero-order valence-corrected chi connectivity index (χ0v) is 10.6. The van der Waals surface area contributed by atoms with Gasteiger partial charge in [-0.2, -0.15) is 0 Å². The van der Waals surface area contributed by atoms with Crippen molar-refractivity contribution in [3.8, 4) is 11.5 Å². The van der Waals surface area contributed by atoms with E-state index in [1.54, 1.807) is 13.2 Å². The summed E-state index contributed by atoms with van der Waals surface area (Å²) in [5, 5.41) is 13.3. The molecule has 0 amide bonds. The number of hydrogen-bond donors (Lipinski definition) is 2. The first-order chi connectivity index (χ1) is 8.72. The van der Waals surface area contributed by atoms with Crippen LogP contribution in [0.1, 0.15) is 18.5 Å². The summed E-state index contributed by atoms with van der Waals surface area (Å²) in [4.78, 5) is 0. The average molecular weight is 243 g/mol. The molecule has 2 N–H and O–H groups in total. The lowest BCUT2D eigenvalue weighted by Crippen LogP contribution is -2.06. The van der Waals surface area contributed by atoms with Crippen molar-refractivity contribution in [2.75, 3.05) is 12.4 Å². The molecule has 0 aliphatic heterocycles. The van der Waals surface area contributed by atoms with Gasteiger partial charge in [-0.25, -0.2) is 0 Å². The maximum atomic E-state index is 10.00. The summed E-state index contributed by atoms with van der Waals surface area (Å²) < 4.78 is 5.08. The molecule has 3 heteroatoms. The zero-order valence-electron chi connectivity index (χ0n) is 10.6. The molecule has 1 atom stereocenters. The summed E-state index contributed by atoms with van der Waals surface area (Å²) >= 11 is 0. The van der Waals surface area contributed by atoms with Crippen LogP contribution >= 0.6 is 0 Å². The highest BCUT2D eigenvalue weighted by atomic mass is 16.5. The van der Waals surface area contributed by atoms with Crippen LogP contribution in [0, 0.1) is 0 Å². The van der Waals surface area contributed by atoms with E-state index in [0.717, 1.165) is 0 Å². The van der Waals surface area contributed by atoms with Gasteiger partial charge in [0.2, 0.25) is 0 Å². The summed E-state index contributed by atoms with van der Waals surface area (Å²) in [7, 11) is 1.54. The predicted molar refractivity (Wildman–Crippen MR) is 73.1 cm³/mol. The second-order valence-electron chi connectivity index (χ2n) is 4.13. The fourth-order valence-electron chi connectivity index (χ4n) is 1.86. The molecular weight excluding hydrogens is 226 g/mol. The first-order valence-electron chi connectivity index (χ1n) is 5.90. The van der Waals surface area contributed by atoms with Gasteiger partial charge in [0.15, 0.2) is 11.5 Å². The van der Waals surface area contributed by atoms with Crippen molar-refractivity contribution in [3.05, 3.63) is 54.1 Å². The maximum absolute atomic E-state index is 10.00. The van der Waals surface area contributed by atoms with Crippen LogP contribution in [0.5, 0.6) is 11.5 Å². The minimum atomic E-state index is 0.115. The van der Waals surface area contributed by atoms with E-state index in [1.807, 2.05) is 37.3 Å². The van der Waals surface area contributed by atoms with Gasteiger partial charge in [-0.3, -0.25) is 0 Å². The van der Waals surface area contributed by atoms with E-state index in [0.29, 0.717) is 11.4 Å². The van der Waals surface area contributed by atoms with Crippen LogP contribution in [0.4, 0.5) is 5.69 Å². The second-order valence-corrected chi connectivity index (χ2v) is 4.13. The largest absolute Gasteiger partial charge is 0.503 e. The molecule has 0 saturated carbocycles. The molecule has 0 radical (unpaired) electrons. The molecule has 18 heavy (non-hydrogen) atoms. The van der Waals surface area contributed by atoms with Crippen LogP contribution < -0.4 is 10.1 Å². The summed E-state index contributed by atoms with van der Waals surface area (Å²) in [5.41, 5.74) is 1.84. The van der Waals surface area contributed by atoms with E-state index in [2.05, 4.69) is 17.4 Å². The van der Waals surface area contributed by atoms with Gasteiger partial charge in [-0.15, -0.1) is 0 Å². The Morgan fingerprint density at radius 3 is 2.44 bits per heavy atom. The Morgan fingerprint density at radius 2 is 1.78 bits per heavy atom. The lowest BCUT2D eigenvalue weighted by Gasteiger charge is -2.17. The quantitative estimate of drug-likeness (QED) is 0.806. The highest BCUT2D eigenvalue weighted by Gasteiger charge is 2.10. The number of anilines is 1. The number of hydrogen-bond acceptors (Lipinski definition) is 3. The number of nitrogens with one attached hydrogen (secondary N) is 1. The number of benzene rings is 2. The van der Waals surface area contributed by atoms with Gasteiger partial charge in [-0.05, 0) is 24.6 Å². The molecule has 0 aliphatic rings. The van der Waals surface area contributed by atoms with Gasteiger partial charge in [-0.1, -0.05) is 36.4 Å². The molecule has 2 aromatic carbocycles. The minimum Gasteiger partial charge on any atom is -0.503 e. The molecule has 94 valence electrons. The van der Waals surface area contributed by atoms with Gasteiger partial charge in [0.1, 0.15) is 0 Å². The van der Waals surface area contributed by atoms with Crippen molar-refractivity contribution in [2.24, 2.45) is 0 Å². The standard InChI is InChI=1S/C15H17NO2/c1-11(12-7-4-3-5-8-12)16-13-9-6-10-14(18-2)15(13)17/h3-11,16-17H,1-2H3/t11-/m1/s1. The summed E-state index contributed by atoms with van der Waals surface area (Å²) in [6, 6.07) is 15.6. The Labute approximate surface area is 107 Å². The van der Waals surface area contributed by atoms with E-state index in [1.165, 1.54) is 5.56 Å². The Morgan fingerprint density at radius 1 is 1.06 bits per heavy atom. The minimum absolute atomic E-state index is 0.115. The number of phenolic OH excluding ortho intramolecular Hbond substituents is 1. The predicted octanol–water partition coefficient (Wildman–Crippen LogP) is 3.57. The number of phenols is 1. The molecule has 0 heterocycles. The monoisotopic (exact) mass is 243 g/mol. The SMILES string of the molecule is COc1cccc(N[C@H](C)c2ccccc2)c1O. The van der Waals surface area contributed by atoms with E-state index in [-0.39, 0.29) is 11.8 Å². The fraction of sp³-hybridized carbons (Fsp3) is 0.200. The summed E-state index contributed by atoms with van der Waals surface area (Å²) in [5.74, 6) is 0.614. The number of para-hydroxylation sites is 1. The molecule has 0 spiro atoms. The maximum Gasteiger partial charge on any atom is 0.181 e. The topological polar surface area (TPSA) is 41.5 Å². The molecular formula is C15H17NO2. The third-order valence-electron chi connectivity index (χ3n) is 2.89. The van der Waals surface area contributed by atoms with E-state index < -0.39 is 0 Å². The molecule has 0 aliphatic carbocycles. The molecule has 2 aromatic rings. The molecule has 2 rings (SSSR count). The second kappa shape index (κ2) is 5.45. The first kappa shape index (κ1) is 12.3. The van der Waals surface area contributed by atoms with E-state index in [4.69, 9.17) is 4.74 Å². The number of rotatable bonds is 4. The Bertz CT molecular complexity index is 511. The fourth-order valence-corrected chi connectivity index (χ4v) is 1.86. The highest BCUT2D eigenvalue weighted by Crippen LogP contribution is 2.35. The van der Waals surface area contributed by atoms with Gasteiger partial charge in [0.05, 0.1) is 12.8 Å². The van der Waals surface area contributed by atoms with E-state index >= 15 is 0 Å². The molecule has 0 fully saturated rings. The lowest BCUT2D eigenvalue weighted by atomic mass is 10.1. The van der Waals surface area contributed by atoms with Crippen molar-refractivity contribution in [1.29, 1.82) is 0 Å². The number of aromatic hydroxyl groups is 1. The highest BCUT2D eigenvalue weighted by molar-refractivity contribution is 5.63. The first-order valence-corrected chi connectivity index (χ1v) is 5.90. The molecule has 3 nitrogen and oxygen atoms in total. The zero-order chi connectivity index (χ0) is 13.0. The van der Waals surface area contributed by atoms with Gasteiger partial charge in [0.25, 0.3) is 0 Å². The van der Waals surface area contributed by atoms with Gasteiger partial charge >= 0.3 is 0 Å². The molecule has 0 saturated heterocycles. The van der Waals surface area contributed by atoms with Crippen LogP contribution in [-0.4, -0.2) is 12.2 Å². The van der Waals surface area contributed by atoms with Gasteiger partial charge < -0.3 is 15.2 Å². The Balaban J connectivity index is 2.19. The molecule has 0 unspecified atom stereocenters. The Hall–Kier alpha value is -2.16. The molecule has 0 aromatic heterocycles. The smallest absolute Gasteiger partial charge is 0.181 e. The van der Waals surface area contributed by atoms with Gasteiger partial charge in [0, 0.05) is 6.04 Å². The van der Waals surface area contributed by atoms with Crippen molar-refractivity contribution >= 4 is 5.69 Å². The lowest BCUT2D eigenvalue weighted by molar-refractivity contribution is 0.374. The third-order valence-corrected chi connectivity index (χ3v) is 2.89. The van der Waals surface area contributed by atoms with Crippen molar-refractivity contribution in [1.82, 2.24) is 0 Å². The Kier molecular flexibility index (Phi) is 3.72. The molecule has 0 bridgehead atoms.